The van der Waals surface area contributed by atoms with Crippen LogP contribution < -0.4 is 0 Å². The van der Waals surface area contributed by atoms with Crippen molar-refractivity contribution in [2.24, 2.45) is 0 Å². The lowest BCUT2D eigenvalue weighted by Crippen LogP contribution is -2.40. The van der Waals surface area contributed by atoms with Crippen molar-refractivity contribution in [3.63, 3.8) is 0 Å². The highest BCUT2D eigenvalue weighted by atomic mass is 16.6. The van der Waals surface area contributed by atoms with Crippen LogP contribution in [-0.2, 0) is 39.9 Å². The number of hydrogen-bond acceptors (Lipinski definition) is 7. The SMILES string of the molecule is CC(=O)OC[C@H](OCc1ccccc1)[C@H](COC(C)=O)OC(C)=O. The third-order valence-electron chi connectivity index (χ3n) is 2.94. The molecule has 1 aromatic carbocycles. The number of carbonyl (C=O) groups excluding carboxylic acids is 3. The van der Waals surface area contributed by atoms with Gasteiger partial charge in [0.05, 0.1) is 6.61 Å². The van der Waals surface area contributed by atoms with Crippen molar-refractivity contribution >= 4 is 17.9 Å². The van der Waals surface area contributed by atoms with Crippen LogP contribution in [0.5, 0.6) is 0 Å². The standard InChI is InChI=1S/C17H22O7/c1-12(18)21-10-16(23-9-15-7-5-4-6-8-15)17(24-14(3)20)11-22-13(2)19/h4-8,16-17H,9-11H2,1-3H3/t16-,17-/m0/s1. The molecule has 7 nitrogen and oxygen atoms in total. The van der Waals surface area contributed by atoms with Crippen LogP contribution >= 0.6 is 0 Å². The topological polar surface area (TPSA) is 88.1 Å². The van der Waals surface area contributed by atoms with E-state index in [9.17, 15) is 14.4 Å². The first kappa shape index (κ1) is 19.6. The fourth-order valence-corrected chi connectivity index (χ4v) is 1.87. The molecule has 0 aliphatic heterocycles. The van der Waals surface area contributed by atoms with Gasteiger partial charge in [-0.05, 0) is 5.56 Å². The molecule has 0 aromatic heterocycles. The Hall–Kier alpha value is -2.41. The summed E-state index contributed by atoms with van der Waals surface area (Å²) in [5.41, 5.74) is 0.902. The Morgan fingerprint density at radius 2 is 1.38 bits per heavy atom. The summed E-state index contributed by atoms with van der Waals surface area (Å²) in [5.74, 6) is -1.55. The number of hydrogen-bond donors (Lipinski definition) is 0. The smallest absolute Gasteiger partial charge is 0.303 e. The van der Waals surface area contributed by atoms with Crippen LogP contribution in [0, 0.1) is 0 Å². The number of esters is 3. The molecule has 0 N–H and O–H groups in total. The van der Waals surface area contributed by atoms with E-state index in [-0.39, 0.29) is 19.8 Å². The van der Waals surface area contributed by atoms with Crippen LogP contribution in [0.1, 0.15) is 26.3 Å². The van der Waals surface area contributed by atoms with Gasteiger partial charge < -0.3 is 18.9 Å². The normalized spacial score (nSPS) is 12.8. The zero-order chi connectivity index (χ0) is 17.9. The highest BCUT2D eigenvalue weighted by molar-refractivity contribution is 5.67. The second-order valence-electron chi connectivity index (χ2n) is 5.09. The third kappa shape index (κ3) is 8.28. The summed E-state index contributed by atoms with van der Waals surface area (Å²) in [6, 6.07) is 9.35. The fourth-order valence-electron chi connectivity index (χ4n) is 1.87. The summed E-state index contributed by atoms with van der Waals surface area (Å²) >= 11 is 0. The minimum Gasteiger partial charge on any atom is -0.463 e. The minimum absolute atomic E-state index is 0.124. The first-order chi connectivity index (χ1) is 11.4. The molecule has 24 heavy (non-hydrogen) atoms. The molecule has 0 heterocycles. The van der Waals surface area contributed by atoms with Gasteiger partial charge in [-0.25, -0.2) is 0 Å². The van der Waals surface area contributed by atoms with Crippen LogP contribution in [0.2, 0.25) is 0 Å². The van der Waals surface area contributed by atoms with Gasteiger partial charge in [-0.3, -0.25) is 14.4 Å². The first-order valence-electron chi connectivity index (χ1n) is 7.48. The third-order valence-corrected chi connectivity index (χ3v) is 2.94. The average Bonchev–Trinajstić information content (AvgIpc) is 2.52. The van der Waals surface area contributed by atoms with Crippen molar-refractivity contribution in [3.05, 3.63) is 35.9 Å². The van der Waals surface area contributed by atoms with E-state index in [1.165, 1.54) is 20.8 Å². The van der Waals surface area contributed by atoms with Crippen molar-refractivity contribution in [1.82, 2.24) is 0 Å². The Balaban J connectivity index is 2.78. The van der Waals surface area contributed by atoms with Crippen molar-refractivity contribution < 1.29 is 33.3 Å². The van der Waals surface area contributed by atoms with E-state index in [0.717, 1.165) is 5.56 Å². The van der Waals surface area contributed by atoms with Crippen LogP contribution in [0.15, 0.2) is 30.3 Å². The molecular formula is C17H22O7. The van der Waals surface area contributed by atoms with Gasteiger partial charge in [-0.1, -0.05) is 30.3 Å². The average molecular weight is 338 g/mol. The van der Waals surface area contributed by atoms with Gasteiger partial charge in [0.1, 0.15) is 19.3 Å². The van der Waals surface area contributed by atoms with E-state index >= 15 is 0 Å². The molecule has 0 bridgehead atoms. The van der Waals surface area contributed by atoms with Crippen molar-refractivity contribution in [3.8, 4) is 0 Å². The number of carbonyl (C=O) groups is 3. The summed E-state index contributed by atoms with van der Waals surface area (Å²) in [7, 11) is 0. The molecule has 0 amide bonds. The van der Waals surface area contributed by atoms with Crippen molar-refractivity contribution in [2.45, 2.75) is 39.6 Å². The van der Waals surface area contributed by atoms with E-state index in [2.05, 4.69) is 0 Å². The second kappa shape index (κ2) is 10.4. The van der Waals surface area contributed by atoms with E-state index in [4.69, 9.17) is 18.9 Å². The lowest BCUT2D eigenvalue weighted by Gasteiger charge is -2.26. The molecule has 0 saturated carbocycles. The van der Waals surface area contributed by atoms with Crippen LogP contribution in [0.25, 0.3) is 0 Å². The van der Waals surface area contributed by atoms with Gasteiger partial charge in [0.2, 0.25) is 0 Å². The van der Waals surface area contributed by atoms with Gasteiger partial charge in [0, 0.05) is 20.8 Å². The monoisotopic (exact) mass is 338 g/mol. The quantitative estimate of drug-likeness (QED) is 0.499. The Labute approximate surface area is 140 Å². The molecule has 0 aliphatic rings. The molecule has 1 rings (SSSR count). The summed E-state index contributed by atoms with van der Waals surface area (Å²) < 4.78 is 20.8. The van der Waals surface area contributed by atoms with Crippen LogP contribution in [0.4, 0.5) is 0 Å². The summed E-state index contributed by atoms with van der Waals surface area (Å²) in [6.07, 6.45) is -1.65. The maximum Gasteiger partial charge on any atom is 0.303 e. The molecule has 0 saturated heterocycles. The number of ether oxygens (including phenoxy) is 4. The summed E-state index contributed by atoms with van der Waals surface area (Å²) in [4.78, 5) is 33.4. The zero-order valence-corrected chi connectivity index (χ0v) is 14.0. The summed E-state index contributed by atoms with van der Waals surface area (Å²) in [6.45, 7) is 3.67. The number of benzene rings is 1. The van der Waals surface area contributed by atoms with Crippen LogP contribution in [-0.4, -0.2) is 43.3 Å². The predicted octanol–water partition coefficient (Wildman–Crippen LogP) is 1.63. The Morgan fingerprint density at radius 3 is 1.88 bits per heavy atom. The van der Waals surface area contributed by atoms with Crippen LogP contribution in [0.3, 0.4) is 0 Å². The highest BCUT2D eigenvalue weighted by Crippen LogP contribution is 2.11. The fraction of sp³-hybridized carbons (Fsp3) is 0.471. The first-order valence-corrected chi connectivity index (χ1v) is 7.48. The Kier molecular flexibility index (Phi) is 8.49. The van der Waals surface area contributed by atoms with Gasteiger partial charge >= 0.3 is 17.9 Å². The highest BCUT2D eigenvalue weighted by Gasteiger charge is 2.28. The minimum atomic E-state index is -0.880. The molecule has 0 radical (unpaired) electrons. The lowest BCUT2D eigenvalue weighted by atomic mass is 10.2. The maximum atomic E-state index is 11.3. The molecule has 0 aliphatic carbocycles. The second-order valence-corrected chi connectivity index (χ2v) is 5.09. The van der Waals surface area contributed by atoms with Gasteiger partial charge in [-0.2, -0.15) is 0 Å². The predicted molar refractivity (Wildman–Crippen MR) is 83.8 cm³/mol. The van der Waals surface area contributed by atoms with E-state index in [0.29, 0.717) is 0 Å². The largest absolute Gasteiger partial charge is 0.463 e. The van der Waals surface area contributed by atoms with Gasteiger partial charge in [0.25, 0.3) is 0 Å². The number of rotatable bonds is 9. The molecular weight excluding hydrogens is 316 g/mol. The van der Waals surface area contributed by atoms with Crippen molar-refractivity contribution in [1.29, 1.82) is 0 Å². The zero-order valence-electron chi connectivity index (χ0n) is 14.0. The van der Waals surface area contributed by atoms with E-state index in [1.807, 2.05) is 30.3 Å². The van der Waals surface area contributed by atoms with Crippen molar-refractivity contribution in [2.75, 3.05) is 13.2 Å². The maximum absolute atomic E-state index is 11.3. The molecule has 7 heteroatoms. The lowest BCUT2D eigenvalue weighted by molar-refractivity contribution is -0.174. The molecule has 1 aromatic rings. The van der Waals surface area contributed by atoms with Gasteiger partial charge in [-0.15, -0.1) is 0 Å². The molecule has 0 fully saturated rings. The molecule has 0 spiro atoms. The molecule has 132 valence electrons. The van der Waals surface area contributed by atoms with E-state index in [1.54, 1.807) is 0 Å². The van der Waals surface area contributed by atoms with Gasteiger partial charge in [0.15, 0.2) is 6.10 Å². The Bertz CT molecular complexity index is 541. The van der Waals surface area contributed by atoms with E-state index < -0.39 is 30.1 Å². The molecule has 2 atom stereocenters. The Morgan fingerprint density at radius 1 is 0.833 bits per heavy atom. The summed E-state index contributed by atoms with van der Waals surface area (Å²) in [5, 5.41) is 0. The molecule has 0 unspecified atom stereocenters.